The lowest BCUT2D eigenvalue weighted by atomic mass is 9.95. The number of benzene rings is 2. The lowest BCUT2D eigenvalue weighted by molar-refractivity contribution is 0.00957. The standard InChI is InChI=1S/C21H27N3/c1-22-12-13-23-14-15-24(17-20(23)16-22)21(18-8-4-2-5-9-18)19-10-6-3-7-11-19/h2-11,20-21H,12-17H2,1H3. The molecule has 1 unspecified atom stereocenters. The molecule has 0 amide bonds. The minimum atomic E-state index is 0.363. The second kappa shape index (κ2) is 7.06. The second-order valence-corrected chi connectivity index (χ2v) is 7.17. The number of piperazine rings is 2. The molecular formula is C21H27N3. The first-order valence-electron chi connectivity index (χ1n) is 9.08. The average Bonchev–Trinajstić information content (AvgIpc) is 2.63. The topological polar surface area (TPSA) is 9.72 Å². The lowest BCUT2D eigenvalue weighted by Gasteiger charge is -2.48. The maximum Gasteiger partial charge on any atom is 0.0602 e. The van der Waals surface area contributed by atoms with Crippen LogP contribution in [0.4, 0.5) is 0 Å². The number of nitrogens with zero attached hydrogens (tertiary/aromatic N) is 3. The van der Waals surface area contributed by atoms with Crippen molar-refractivity contribution in [2.45, 2.75) is 12.1 Å². The van der Waals surface area contributed by atoms with Gasteiger partial charge in [-0.05, 0) is 18.2 Å². The summed E-state index contributed by atoms with van der Waals surface area (Å²) in [6.07, 6.45) is 0. The lowest BCUT2D eigenvalue weighted by Crippen LogP contribution is -2.61. The van der Waals surface area contributed by atoms with E-state index in [1.807, 2.05) is 0 Å². The van der Waals surface area contributed by atoms with Crippen LogP contribution in [-0.2, 0) is 0 Å². The number of fused-ring (bicyclic) bond motifs is 1. The van der Waals surface area contributed by atoms with Crippen LogP contribution in [0.2, 0.25) is 0 Å². The van der Waals surface area contributed by atoms with Crippen molar-refractivity contribution in [2.24, 2.45) is 0 Å². The van der Waals surface area contributed by atoms with Crippen LogP contribution in [0.15, 0.2) is 60.7 Å². The Morgan fingerprint density at radius 1 is 0.750 bits per heavy atom. The van der Waals surface area contributed by atoms with Crippen LogP contribution >= 0.6 is 0 Å². The first-order valence-corrected chi connectivity index (χ1v) is 9.08. The molecule has 3 nitrogen and oxygen atoms in total. The van der Waals surface area contributed by atoms with Gasteiger partial charge in [-0.2, -0.15) is 0 Å². The fraction of sp³-hybridized carbons (Fsp3) is 0.429. The van der Waals surface area contributed by atoms with Gasteiger partial charge in [0.05, 0.1) is 6.04 Å². The van der Waals surface area contributed by atoms with Gasteiger partial charge >= 0.3 is 0 Å². The van der Waals surface area contributed by atoms with E-state index in [0.717, 1.165) is 13.1 Å². The van der Waals surface area contributed by atoms with Gasteiger partial charge in [0.2, 0.25) is 0 Å². The molecule has 2 aliphatic rings. The fourth-order valence-electron chi connectivity index (χ4n) is 4.25. The smallest absolute Gasteiger partial charge is 0.0602 e. The molecule has 2 heterocycles. The molecule has 2 aromatic rings. The van der Waals surface area contributed by atoms with E-state index >= 15 is 0 Å². The summed E-state index contributed by atoms with van der Waals surface area (Å²) in [5, 5.41) is 0. The molecule has 0 bridgehead atoms. The second-order valence-electron chi connectivity index (χ2n) is 7.17. The zero-order chi connectivity index (χ0) is 16.4. The van der Waals surface area contributed by atoms with Crippen molar-refractivity contribution in [2.75, 3.05) is 46.3 Å². The molecule has 2 aromatic carbocycles. The van der Waals surface area contributed by atoms with E-state index in [0.29, 0.717) is 12.1 Å². The minimum Gasteiger partial charge on any atom is -0.303 e. The van der Waals surface area contributed by atoms with Crippen molar-refractivity contribution in [3.8, 4) is 0 Å². The zero-order valence-corrected chi connectivity index (χ0v) is 14.5. The largest absolute Gasteiger partial charge is 0.303 e. The fourth-order valence-corrected chi connectivity index (χ4v) is 4.25. The molecule has 0 N–H and O–H groups in total. The number of likely N-dealkylation sites (N-methyl/N-ethyl adjacent to an activating group) is 1. The maximum atomic E-state index is 2.69. The number of rotatable bonds is 3. The van der Waals surface area contributed by atoms with Crippen LogP contribution in [0.1, 0.15) is 17.2 Å². The molecule has 24 heavy (non-hydrogen) atoms. The van der Waals surface area contributed by atoms with Crippen molar-refractivity contribution >= 4 is 0 Å². The molecule has 4 rings (SSSR count). The van der Waals surface area contributed by atoms with Crippen LogP contribution in [0, 0.1) is 0 Å². The summed E-state index contributed by atoms with van der Waals surface area (Å²) in [7, 11) is 2.25. The Morgan fingerprint density at radius 2 is 1.33 bits per heavy atom. The summed E-state index contributed by atoms with van der Waals surface area (Å²) in [6, 6.07) is 23.0. The highest BCUT2D eigenvalue weighted by Crippen LogP contribution is 2.31. The Balaban J connectivity index is 1.62. The van der Waals surface area contributed by atoms with Gasteiger partial charge in [-0.25, -0.2) is 0 Å². The minimum absolute atomic E-state index is 0.363. The van der Waals surface area contributed by atoms with Gasteiger partial charge in [0.15, 0.2) is 0 Å². The molecule has 0 aliphatic carbocycles. The molecule has 3 heteroatoms. The average molecular weight is 321 g/mol. The summed E-state index contributed by atoms with van der Waals surface area (Å²) < 4.78 is 0. The third-order valence-corrected chi connectivity index (χ3v) is 5.52. The van der Waals surface area contributed by atoms with E-state index in [9.17, 15) is 0 Å². The molecule has 126 valence electrons. The van der Waals surface area contributed by atoms with Crippen LogP contribution in [0.25, 0.3) is 0 Å². The normalized spacial score (nSPS) is 23.3. The third kappa shape index (κ3) is 3.25. The summed E-state index contributed by atoms with van der Waals surface area (Å²) in [5.74, 6) is 0. The molecule has 0 radical (unpaired) electrons. The van der Waals surface area contributed by atoms with Gasteiger partial charge in [0.25, 0.3) is 0 Å². The molecule has 2 aliphatic heterocycles. The van der Waals surface area contributed by atoms with Crippen LogP contribution in [-0.4, -0.2) is 67.1 Å². The highest BCUT2D eigenvalue weighted by Gasteiger charge is 2.34. The predicted octanol–water partition coefficient (Wildman–Crippen LogP) is 2.71. The van der Waals surface area contributed by atoms with Crippen molar-refractivity contribution in [1.82, 2.24) is 14.7 Å². The molecule has 0 spiro atoms. The van der Waals surface area contributed by atoms with Gasteiger partial charge < -0.3 is 4.90 Å². The van der Waals surface area contributed by atoms with Gasteiger partial charge in [0, 0.05) is 45.3 Å². The molecule has 2 fully saturated rings. The van der Waals surface area contributed by atoms with E-state index in [-0.39, 0.29) is 0 Å². The summed E-state index contributed by atoms with van der Waals surface area (Å²) in [4.78, 5) is 7.85. The SMILES string of the molecule is CN1CCN2CCN(C(c3ccccc3)c3ccccc3)CC2C1. The van der Waals surface area contributed by atoms with Crippen molar-refractivity contribution in [3.05, 3.63) is 71.8 Å². The summed E-state index contributed by atoms with van der Waals surface area (Å²) in [5.41, 5.74) is 2.81. The van der Waals surface area contributed by atoms with E-state index in [1.165, 1.54) is 37.3 Å². The van der Waals surface area contributed by atoms with Gasteiger partial charge in [-0.15, -0.1) is 0 Å². The van der Waals surface area contributed by atoms with Crippen molar-refractivity contribution in [3.63, 3.8) is 0 Å². The van der Waals surface area contributed by atoms with Crippen molar-refractivity contribution < 1.29 is 0 Å². The van der Waals surface area contributed by atoms with E-state index < -0.39 is 0 Å². The Kier molecular flexibility index (Phi) is 4.65. The van der Waals surface area contributed by atoms with Crippen molar-refractivity contribution in [1.29, 1.82) is 0 Å². The summed E-state index contributed by atoms with van der Waals surface area (Å²) >= 11 is 0. The van der Waals surface area contributed by atoms with Crippen LogP contribution < -0.4 is 0 Å². The Hall–Kier alpha value is -1.68. The first kappa shape index (κ1) is 15.8. The molecule has 2 saturated heterocycles. The van der Waals surface area contributed by atoms with Gasteiger partial charge in [0.1, 0.15) is 0 Å². The number of hydrogen-bond donors (Lipinski definition) is 0. The van der Waals surface area contributed by atoms with E-state index in [4.69, 9.17) is 0 Å². The van der Waals surface area contributed by atoms with E-state index in [2.05, 4.69) is 82.4 Å². The summed E-state index contributed by atoms with van der Waals surface area (Å²) in [6.45, 7) is 7.10. The molecule has 0 aromatic heterocycles. The van der Waals surface area contributed by atoms with Gasteiger partial charge in [-0.1, -0.05) is 60.7 Å². The molecule has 0 saturated carbocycles. The quantitative estimate of drug-likeness (QED) is 0.861. The van der Waals surface area contributed by atoms with E-state index in [1.54, 1.807) is 0 Å². The Labute approximate surface area is 145 Å². The molecular weight excluding hydrogens is 294 g/mol. The highest BCUT2D eigenvalue weighted by molar-refractivity contribution is 5.32. The van der Waals surface area contributed by atoms with Crippen LogP contribution in [0.3, 0.4) is 0 Å². The Bertz CT molecular complexity index is 603. The third-order valence-electron chi connectivity index (χ3n) is 5.52. The molecule has 1 atom stereocenters. The first-order chi connectivity index (χ1) is 11.8. The monoisotopic (exact) mass is 321 g/mol. The Morgan fingerprint density at radius 3 is 1.96 bits per heavy atom. The van der Waals surface area contributed by atoms with Gasteiger partial charge in [-0.3, -0.25) is 9.80 Å². The van der Waals surface area contributed by atoms with Crippen LogP contribution in [0.5, 0.6) is 0 Å². The highest BCUT2D eigenvalue weighted by atomic mass is 15.3. The maximum absolute atomic E-state index is 2.69. The number of hydrogen-bond acceptors (Lipinski definition) is 3. The zero-order valence-electron chi connectivity index (χ0n) is 14.5. The predicted molar refractivity (Wildman–Crippen MR) is 99.2 cm³/mol.